The summed E-state index contributed by atoms with van der Waals surface area (Å²) in [5, 5.41) is 2.87. The number of aryl methyl sites for hydroxylation is 1. The first kappa shape index (κ1) is 22.9. The number of para-hydroxylation sites is 4. The Morgan fingerprint density at radius 3 is 2.42 bits per heavy atom. The summed E-state index contributed by atoms with van der Waals surface area (Å²) in [4.78, 5) is 31.2. The summed E-state index contributed by atoms with van der Waals surface area (Å²) in [6.45, 7) is 2.19. The molecule has 1 N–H and O–H groups in total. The van der Waals surface area contributed by atoms with E-state index in [1.807, 2.05) is 55.5 Å². The van der Waals surface area contributed by atoms with Gasteiger partial charge in [-0.25, -0.2) is 14.2 Å². The van der Waals surface area contributed by atoms with Gasteiger partial charge in [-0.15, -0.1) is 0 Å². The van der Waals surface area contributed by atoms with Crippen LogP contribution in [0.3, 0.4) is 0 Å². The lowest BCUT2D eigenvalue weighted by atomic mass is 10.2. The largest absolute Gasteiger partial charge is 0.495 e. The fraction of sp³-hybridized carbons (Fsp3) is 0.107. The van der Waals surface area contributed by atoms with Crippen LogP contribution in [0.15, 0.2) is 96.1 Å². The van der Waals surface area contributed by atoms with Crippen molar-refractivity contribution >= 4 is 17.2 Å². The van der Waals surface area contributed by atoms with Crippen molar-refractivity contribution in [1.82, 2.24) is 14.0 Å². The van der Waals surface area contributed by atoms with Gasteiger partial charge in [0.15, 0.2) is 0 Å². The molecule has 0 spiro atoms. The Hall–Kier alpha value is -4.85. The highest BCUT2D eigenvalue weighted by molar-refractivity contribution is 6.04. The van der Waals surface area contributed by atoms with E-state index in [4.69, 9.17) is 9.47 Å². The van der Waals surface area contributed by atoms with Gasteiger partial charge < -0.3 is 14.8 Å². The number of carbonyl (C=O) groups is 1. The van der Waals surface area contributed by atoms with E-state index in [0.717, 1.165) is 11.1 Å². The molecule has 2 heterocycles. The Kier molecular flexibility index (Phi) is 6.23. The average molecular weight is 481 g/mol. The van der Waals surface area contributed by atoms with Crippen molar-refractivity contribution in [1.29, 1.82) is 0 Å². The van der Waals surface area contributed by atoms with Crippen LogP contribution in [0, 0.1) is 6.92 Å². The van der Waals surface area contributed by atoms with E-state index in [0.29, 0.717) is 35.1 Å². The van der Waals surface area contributed by atoms with E-state index in [2.05, 4.69) is 10.3 Å². The van der Waals surface area contributed by atoms with Crippen LogP contribution in [0.2, 0.25) is 0 Å². The minimum atomic E-state index is -0.479. The molecule has 0 saturated carbocycles. The lowest BCUT2D eigenvalue weighted by Crippen LogP contribution is -2.29. The summed E-state index contributed by atoms with van der Waals surface area (Å²) >= 11 is 0. The molecule has 3 aromatic carbocycles. The normalized spacial score (nSPS) is 10.8. The number of benzene rings is 3. The number of methoxy groups -OCH3 is 1. The van der Waals surface area contributed by atoms with Crippen LogP contribution in [-0.2, 0) is 6.61 Å². The van der Waals surface area contributed by atoms with Gasteiger partial charge in [-0.2, -0.15) is 0 Å². The molecular formula is C28H24N4O4. The number of carbonyl (C=O) groups excluding carboxylic acids is 1. The van der Waals surface area contributed by atoms with Crippen molar-refractivity contribution in [3.05, 3.63) is 119 Å². The number of anilines is 1. The Bertz CT molecular complexity index is 1610. The molecule has 8 heteroatoms. The third-order valence-electron chi connectivity index (χ3n) is 5.78. The van der Waals surface area contributed by atoms with Gasteiger partial charge in [0.25, 0.3) is 5.91 Å². The minimum absolute atomic E-state index is 0.111. The van der Waals surface area contributed by atoms with Crippen LogP contribution in [0.1, 0.15) is 21.6 Å². The van der Waals surface area contributed by atoms with Gasteiger partial charge in [0.2, 0.25) is 0 Å². The van der Waals surface area contributed by atoms with Gasteiger partial charge in [0, 0.05) is 11.8 Å². The van der Waals surface area contributed by atoms with Crippen LogP contribution in [-0.4, -0.2) is 27.0 Å². The summed E-state index contributed by atoms with van der Waals surface area (Å²) in [7, 11) is 1.54. The summed E-state index contributed by atoms with van der Waals surface area (Å²) in [6, 6.07) is 24.1. The Labute approximate surface area is 207 Å². The van der Waals surface area contributed by atoms with E-state index in [9.17, 15) is 9.59 Å². The molecule has 0 saturated heterocycles. The third kappa shape index (κ3) is 4.32. The molecule has 180 valence electrons. The Morgan fingerprint density at radius 2 is 1.64 bits per heavy atom. The highest BCUT2D eigenvalue weighted by Gasteiger charge is 2.20. The monoisotopic (exact) mass is 480 g/mol. The highest BCUT2D eigenvalue weighted by Crippen LogP contribution is 2.26. The minimum Gasteiger partial charge on any atom is -0.495 e. The number of hydrogen-bond acceptors (Lipinski definition) is 5. The van der Waals surface area contributed by atoms with Gasteiger partial charge in [-0.1, -0.05) is 54.6 Å². The predicted octanol–water partition coefficient (Wildman–Crippen LogP) is 4.63. The van der Waals surface area contributed by atoms with Crippen molar-refractivity contribution in [2.45, 2.75) is 13.5 Å². The van der Waals surface area contributed by atoms with E-state index >= 15 is 0 Å². The number of ether oxygens (including phenoxy) is 2. The summed E-state index contributed by atoms with van der Waals surface area (Å²) in [6.07, 6.45) is 3.09. The van der Waals surface area contributed by atoms with Crippen LogP contribution in [0.5, 0.6) is 11.5 Å². The number of nitrogens with zero attached hydrogens (tertiary/aromatic N) is 3. The van der Waals surface area contributed by atoms with Gasteiger partial charge in [-0.3, -0.25) is 9.36 Å². The number of hydrogen-bond donors (Lipinski definition) is 1. The van der Waals surface area contributed by atoms with Crippen LogP contribution in [0.25, 0.3) is 11.3 Å². The van der Waals surface area contributed by atoms with Gasteiger partial charge in [0.05, 0.1) is 24.7 Å². The van der Waals surface area contributed by atoms with E-state index < -0.39 is 11.6 Å². The van der Waals surface area contributed by atoms with Crippen molar-refractivity contribution < 1.29 is 14.3 Å². The first-order valence-electron chi connectivity index (χ1n) is 11.4. The summed E-state index contributed by atoms with van der Waals surface area (Å²) in [5.74, 6) is 0.577. The van der Waals surface area contributed by atoms with Crippen molar-refractivity contribution in [2.75, 3.05) is 12.4 Å². The maximum Gasteiger partial charge on any atom is 0.339 e. The first-order chi connectivity index (χ1) is 17.6. The summed E-state index contributed by atoms with van der Waals surface area (Å²) < 4.78 is 14.2. The molecule has 5 aromatic rings. The average Bonchev–Trinajstić information content (AvgIpc) is 3.37. The molecule has 0 fully saturated rings. The molecular weight excluding hydrogens is 456 g/mol. The number of rotatable bonds is 7. The smallest absolute Gasteiger partial charge is 0.339 e. The van der Waals surface area contributed by atoms with E-state index in [1.54, 1.807) is 43.6 Å². The van der Waals surface area contributed by atoms with Crippen LogP contribution in [0.4, 0.5) is 5.69 Å². The maximum atomic E-state index is 13.5. The van der Waals surface area contributed by atoms with Gasteiger partial charge in [0.1, 0.15) is 29.4 Å². The molecule has 2 aromatic heterocycles. The molecule has 0 aliphatic heterocycles. The van der Waals surface area contributed by atoms with E-state index in [-0.39, 0.29) is 5.69 Å². The SMILES string of the molecule is COc1ccccc1-n1cc(C)c2ncc(C(=O)Nc3ccccc3OCc3ccccc3)n2c1=O. The molecule has 5 rings (SSSR count). The molecule has 0 aliphatic carbocycles. The number of imidazole rings is 1. The zero-order valence-corrected chi connectivity index (χ0v) is 19.8. The first-order valence-corrected chi connectivity index (χ1v) is 11.4. The quantitative estimate of drug-likeness (QED) is 0.367. The molecule has 1 amide bonds. The topological polar surface area (TPSA) is 86.9 Å². The Morgan fingerprint density at radius 1 is 0.944 bits per heavy atom. The fourth-order valence-electron chi connectivity index (χ4n) is 4.02. The number of amides is 1. The standard InChI is InChI=1S/C28H24N4O4/c1-19-17-31(22-13-7-9-15-25(22)35-2)28(34)32-23(16-29-26(19)32)27(33)30-21-12-6-8-14-24(21)36-18-20-10-4-3-5-11-20/h3-17H,18H2,1-2H3,(H,30,33). The third-order valence-corrected chi connectivity index (χ3v) is 5.78. The molecule has 0 aliphatic rings. The van der Waals surface area contributed by atoms with Crippen molar-refractivity contribution in [2.24, 2.45) is 0 Å². The molecule has 0 radical (unpaired) electrons. The zero-order chi connectivity index (χ0) is 25.1. The number of nitrogens with one attached hydrogen (secondary N) is 1. The van der Waals surface area contributed by atoms with Crippen molar-refractivity contribution in [3.8, 4) is 17.2 Å². The lowest BCUT2D eigenvalue weighted by Gasteiger charge is -2.14. The molecule has 8 nitrogen and oxygen atoms in total. The number of aromatic nitrogens is 3. The second-order valence-corrected chi connectivity index (χ2v) is 8.16. The zero-order valence-electron chi connectivity index (χ0n) is 19.8. The summed E-state index contributed by atoms with van der Waals surface area (Å²) in [5.41, 5.74) is 2.88. The van der Waals surface area contributed by atoms with Crippen molar-refractivity contribution in [3.63, 3.8) is 0 Å². The highest BCUT2D eigenvalue weighted by atomic mass is 16.5. The molecule has 36 heavy (non-hydrogen) atoms. The fourth-order valence-corrected chi connectivity index (χ4v) is 4.02. The lowest BCUT2D eigenvalue weighted by molar-refractivity contribution is 0.102. The molecule has 0 unspecified atom stereocenters. The van der Waals surface area contributed by atoms with Crippen LogP contribution >= 0.6 is 0 Å². The van der Waals surface area contributed by atoms with Crippen LogP contribution < -0.4 is 20.5 Å². The second-order valence-electron chi connectivity index (χ2n) is 8.16. The van der Waals surface area contributed by atoms with Gasteiger partial charge in [-0.05, 0) is 36.8 Å². The Balaban J connectivity index is 1.49. The van der Waals surface area contributed by atoms with Gasteiger partial charge >= 0.3 is 5.69 Å². The van der Waals surface area contributed by atoms with E-state index in [1.165, 1.54) is 15.2 Å². The second kappa shape index (κ2) is 9.79. The number of fused-ring (bicyclic) bond motifs is 1. The predicted molar refractivity (Wildman–Crippen MR) is 137 cm³/mol. The molecule has 0 atom stereocenters. The maximum absolute atomic E-state index is 13.5. The molecule has 0 bridgehead atoms.